The van der Waals surface area contributed by atoms with E-state index in [2.05, 4.69) is 30.8 Å². The summed E-state index contributed by atoms with van der Waals surface area (Å²) in [5, 5.41) is 0. The molecule has 0 amide bonds. The van der Waals surface area contributed by atoms with Gasteiger partial charge in [0.1, 0.15) is 10.4 Å². The number of halogens is 1. The van der Waals surface area contributed by atoms with Gasteiger partial charge in [-0.15, -0.1) is 0 Å². The highest BCUT2D eigenvalue weighted by molar-refractivity contribution is 9.10. The third-order valence-electron chi connectivity index (χ3n) is 1.99. The van der Waals surface area contributed by atoms with Crippen LogP contribution in [0.5, 0.6) is 0 Å². The van der Waals surface area contributed by atoms with Crippen molar-refractivity contribution in [1.82, 2.24) is 14.9 Å². The van der Waals surface area contributed by atoms with Crippen LogP contribution in [0.25, 0.3) is 0 Å². The Morgan fingerprint density at radius 2 is 2.33 bits per heavy atom. The highest BCUT2D eigenvalue weighted by Crippen LogP contribution is 2.10. The van der Waals surface area contributed by atoms with Crippen LogP contribution in [0.1, 0.15) is 12.2 Å². The molecule has 0 atom stereocenters. The van der Waals surface area contributed by atoms with Crippen LogP contribution in [0.2, 0.25) is 0 Å². The topological polar surface area (TPSA) is 29.0 Å². The molecule has 1 aliphatic heterocycles. The second-order valence-electron chi connectivity index (χ2n) is 2.93. The van der Waals surface area contributed by atoms with Crippen LogP contribution >= 0.6 is 15.9 Å². The minimum Gasteiger partial charge on any atom is -0.296 e. The van der Waals surface area contributed by atoms with E-state index in [0.29, 0.717) is 0 Å². The smallest absolute Gasteiger partial charge is 0.143 e. The maximum absolute atomic E-state index is 4.26. The highest BCUT2D eigenvalue weighted by Gasteiger charge is 2.14. The van der Waals surface area contributed by atoms with Crippen molar-refractivity contribution in [2.24, 2.45) is 0 Å². The minimum absolute atomic E-state index is 0.869. The molecule has 1 aromatic heterocycles. The fourth-order valence-corrected chi connectivity index (χ4v) is 1.51. The van der Waals surface area contributed by atoms with Crippen molar-refractivity contribution in [2.75, 3.05) is 13.1 Å². The van der Waals surface area contributed by atoms with Crippen molar-refractivity contribution in [1.29, 1.82) is 0 Å². The van der Waals surface area contributed by atoms with Crippen LogP contribution in [-0.2, 0) is 6.54 Å². The SMILES string of the molecule is Brc1ccnc(CN2CCC2)n1. The Hall–Kier alpha value is -0.480. The summed E-state index contributed by atoms with van der Waals surface area (Å²) in [6, 6.07) is 1.85. The Morgan fingerprint density at radius 1 is 1.50 bits per heavy atom. The fraction of sp³-hybridized carbons (Fsp3) is 0.500. The van der Waals surface area contributed by atoms with Gasteiger partial charge in [-0.05, 0) is 41.5 Å². The number of hydrogen-bond donors (Lipinski definition) is 0. The molecule has 1 aromatic rings. The van der Waals surface area contributed by atoms with Crippen LogP contribution in [0.4, 0.5) is 0 Å². The van der Waals surface area contributed by atoms with Gasteiger partial charge in [-0.25, -0.2) is 9.97 Å². The number of rotatable bonds is 2. The zero-order valence-electron chi connectivity index (χ0n) is 6.70. The number of aromatic nitrogens is 2. The van der Waals surface area contributed by atoms with Crippen molar-refractivity contribution in [3.63, 3.8) is 0 Å². The second kappa shape index (κ2) is 3.49. The van der Waals surface area contributed by atoms with E-state index >= 15 is 0 Å². The molecule has 0 aromatic carbocycles. The molecule has 0 bridgehead atoms. The number of hydrogen-bond acceptors (Lipinski definition) is 3. The van der Waals surface area contributed by atoms with Gasteiger partial charge >= 0.3 is 0 Å². The lowest BCUT2D eigenvalue weighted by molar-refractivity contribution is 0.168. The Kier molecular flexibility index (Phi) is 2.37. The Bertz CT molecular complexity index is 273. The standard InChI is InChI=1S/C8H10BrN3/c9-7-2-3-10-8(11-7)6-12-4-1-5-12/h2-3H,1,4-6H2. The van der Waals surface area contributed by atoms with E-state index in [1.165, 1.54) is 19.5 Å². The number of likely N-dealkylation sites (tertiary alicyclic amines) is 1. The van der Waals surface area contributed by atoms with Crippen LogP contribution in [0.15, 0.2) is 16.9 Å². The summed E-state index contributed by atoms with van der Waals surface area (Å²) in [5.74, 6) is 0.907. The summed E-state index contributed by atoms with van der Waals surface area (Å²) in [7, 11) is 0. The third kappa shape index (κ3) is 1.81. The molecule has 1 fully saturated rings. The van der Waals surface area contributed by atoms with Gasteiger partial charge in [0, 0.05) is 6.20 Å². The zero-order chi connectivity index (χ0) is 8.39. The maximum Gasteiger partial charge on any atom is 0.143 e. The van der Waals surface area contributed by atoms with Crippen molar-refractivity contribution in [3.8, 4) is 0 Å². The second-order valence-corrected chi connectivity index (χ2v) is 3.74. The Morgan fingerprint density at radius 3 is 2.92 bits per heavy atom. The molecule has 64 valence electrons. The van der Waals surface area contributed by atoms with Crippen LogP contribution < -0.4 is 0 Å². The van der Waals surface area contributed by atoms with E-state index in [1.54, 1.807) is 6.20 Å². The van der Waals surface area contributed by atoms with Gasteiger partial charge in [0.25, 0.3) is 0 Å². The average Bonchev–Trinajstić information content (AvgIpc) is 1.97. The van der Waals surface area contributed by atoms with E-state index in [9.17, 15) is 0 Å². The van der Waals surface area contributed by atoms with E-state index in [0.717, 1.165) is 17.0 Å². The molecule has 12 heavy (non-hydrogen) atoms. The van der Waals surface area contributed by atoms with Gasteiger partial charge in [0.05, 0.1) is 6.54 Å². The van der Waals surface area contributed by atoms with Gasteiger partial charge in [-0.3, -0.25) is 4.90 Å². The first kappa shape index (κ1) is 8.13. The molecular weight excluding hydrogens is 218 g/mol. The molecule has 4 heteroatoms. The summed E-state index contributed by atoms with van der Waals surface area (Å²) < 4.78 is 0.869. The van der Waals surface area contributed by atoms with E-state index in [4.69, 9.17) is 0 Å². The van der Waals surface area contributed by atoms with Gasteiger partial charge in [-0.2, -0.15) is 0 Å². The third-order valence-corrected chi connectivity index (χ3v) is 2.43. The van der Waals surface area contributed by atoms with Crippen molar-refractivity contribution >= 4 is 15.9 Å². The number of nitrogens with zero attached hydrogens (tertiary/aromatic N) is 3. The van der Waals surface area contributed by atoms with E-state index in [1.807, 2.05) is 6.07 Å². The van der Waals surface area contributed by atoms with E-state index in [-0.39, 0.29) is 0 Å². The lowest BCUT2D eigenvalue weighted by Gasteiger charge is -2.29. The molecule has 0 radical (unpaired) electrons. The molecule has 2 heterocycles. The minimum atomic E-state index is 0.869. The average molecular weight is 228 g/mol. The molecule has 0 aliphatic carbocycles. The lowest BCUT2D eigenvalue weighted by atomic mass is 10.2. The fourth-order valence-electron chi connectivity index (χ4n) is 1.19. The first-order valence-electron chi connectivity index (χ1n) is 4.04. The van der Waals surface area contributed by atoms with Crippen molar-refractivity contribution in [2.45, 2.75) is 13.0 Å². The van der Waals surface area contributed by atoms with Crippen LogP contribution in [-0.4, -0.2) is 28.0 Å². The monoisotopic (exact) mass is 227 g/mol. The Labute approximate surface area is 80.0 Å². The first-order chi connectivity index (χ1) is 5.84. The molecular formula is C8H10BrN3. The van der Waals surface area contributed by atoms with Crippen LogP contribution in [0.3, 0.4) is 0 Å². The van der Waals surface area contributed by atoms with Gasteiger partial charge in [-0.1, -0.05) is 0 Å². The summed E-state index contributed by atoms with van der Waals surface area (Å²) in [6.45, 7) is 3.27. The Balaban J connectivity index is 2.02. The predicted molar refractivity (Wildman–Crippen MR) is 49.6 cm³/mol. The normalized spacial score (nSPS) is 17.4. The summed E-state index contributed by atoms with van der Waals surface area (Å²) in [4.78, 5) is 10.8. The van der Waals surface area contributed by atoms with Gasteiger partial charge in [0.15, 0.2) is 0 Å². The van der Waals surface area contributed by atoms with Gasteiger partial charge in [0.2, 0.25) is 0 Å². The largest absolute Gasteiger partial charge is 0.296 e. The zero-order valence-corrected chi connectivity index (χ0v) is 8.29. The first-order valence-corrected chi connectivity index (χ1v) is 4.84. The molecule has 0 N–H and O–H groups in total. The quantitative estimate of drug-likeness (QED) is 0.717. The molecule has 0 saturated carbocycles. The molecule has 3 nitrogen and oxygen atoms in total. The molecule has 0 spiro atoms. The van der Waals surface area contributed by atoms with Crippen LogP contribution in [0, 0.1) is 0 Å². The molecule has 1 aliphatic rings. The summed E-state index contributed by atoms with van der Waals surface area (Å²) >= 11 is 3.32. The van der Waals surface area contributed by atoms with Crippen molar-refractivity contribution < 1.29 is 0 Å². The maximum atomic E-state index is 4.26. The predicted octanol–water partition coefficient (Wildman–Crippen LogP) is 1.44. The highest BCUT2D eigenvalue weighted by atomic mass is 79.9. The molecule has 1 saturated heterocycles. The summed E-state index contributed by atoms with van der Waals surface area (Å²) in [5.41, 5.74) is 0. The molecule has 2 rings (SSSR count). The lowest BCUT2D eigenvalue weighted by Crippen LogP contribution is -2.36. The molecule has 0 unspecified atom stereocenters. The van der Waals surface area contributed by atoms with E-state index < -0.39 is 0 Å². The van der Waals surface area contributed by atoms with Crippen molar-refractivity contribution in [3.05, 3.63) is 22.7 Å². The summed E-state index contributed by atoms with van der Waals surface area (Å²) in [6.07, 6.45) is 3.10. The van der Waals surface area contributed by atoms with Gasteiger partial charge < -0.3 is 0 Å².